The van der Waals surface area contributed by atoms with Gasteiger partial charge in [-0.05, 0) is 49.1 Å². The van der Waals surface area contributed by atoms with E-state index in [1.807, 2.05) is 23.1 Å². The minimum absolute atomic E-state index is 0.141. The molecule has 27 heavy (non-hydrogen) atoms. The molecular weight excluding hydrogens is 348 g/mol. The van der Waals surface area contributed by atoms with Crippen LogP contribution in [-0.2, 0) is 16.1 Å². The normalized spacial score (nSPS) is 19.3. The summed E-state index contributed by atoms with van der Waals surface area (Å²) in [6.07, 6.45) is 4.74. The first-order valence-electron chi connectivity index (χ1n) is 9.17. The van der Waals surface area contributed by atoms with Crippen molar-refractivity contribution in [3.8, 4) is 5.75 Å². The minimum Gasteiger partial charge on any atom is -0.489 e. The lowest BCUT2D eigenvalue weighted by molar-refractivity contribution is -0.168. The van der Waals surface area contributed by atoms with Crippen LogP contribution in [0.15, 0.2) is 36.5 Å². The van der Waals surface area contributed by atoms with Crippen molar-refractivity contribution in [2.24, 2.45) is 0 Å². The highest BCUT2D eigenvalue weighted by Gasteiger charge is 2.25. The van der Waals surface area contributed by atoms with Crippen LogP contribution in [0.5, 0.6) is 5.75 Å². The zero-order chi connectivity index (χ0) is 18.6. The number of aromatic carboxylic acids is 1. The molecule has 1 N–H and O–H groups in total. The van der Waals surface area contributed by atoms with E-state index in [-0.39, 0.29) is 11.9 Å². The van der Waals surface area contributed by atoms with Gasteiger partial charge < -0.3 is 24.2 Å². The number of ether oxygens (including phenoxy) is 3. The van der Waals surface area contributed by atoms with E-state index in [2.05, 4.69) is 4.98 Å². The monoisotopic (exact) mass is 370 g/mol. The zero-order valence-corrected chi connectivity index (χ0v) is 15.0. The number of hydrogen-bond donors (Lipinski definition) is 1. The summed E-state index contributed by atoms with van der Waals surface area (Å²) in [7, 11) is 0. The number of carboxylic acid groups (broad SMARTS) is 1. The molecular formula is C20H22N2O5. The van der Waals surface area contributed by atoms with E-state index >= 15 is 0 Å². The summed E-state index contributed by atoms with van der Waals surface area (Å²) < 4.78 is 17.1. The molecule has 0 aliphatic carbocycles. The van der Waals surface area contributed by atoms with Gasteiger partial charge in [-0.1, -0.05) is 6.07 Å². The molecule has 142 valence electrons. The maximum absolute atomic E-state index is 11.5. The van der Waals surface area contributed by atoms with Gasteiger partial charge in [0.15, 0.2) is 12.0 Å². The molecule has 3 heterocycles. The first-order valence-corrected chi connectivity index (χ1v) is 9.17. The summed E-state index contributed by atoms with van der Waals surface area (Å²) >= 11 is 0. The molecule has 1 fully saturated rings. The van der Waals surface area contributed by atoms with Crippen LogP contribution >= 0.6 is 0 Å². The number of pyridine rings is 1. The largest absolute Gasteiger partial charge is 0.489 e. The average Bonchev–Trinajstić information content (AvgIpc) is 2.72. The number of carboxylic acids is 1. The van der Waals surface area contributed by atoms with Gasteiger partial charge in [0.2, 0.25) is 0 Å². The SMILES string of the molecule is O=C(O)c1cccc2c1OCCN2c1cc(COC2CCCCO2)ccn1. The fraction of sp³-hybridized carbons (Fsp3) is 0.400. The molecule has 1 aromatic heterocycles. The van der Waals surface area contributed by atoms with Crippen molar-refractivity contribution in [1.29, 1.82) is 0 Å². The summed E-state index contributed by atoms with van der Waals surface area (Å²) in [6.45, 7) is 2.20. The van der Waals surface area contributed by atoms with Crippen molar-refractivity contribution in [1.82, 2.24) is 4.98 Å². The van der Waals surface area contributed by atoms with Crippen LogP contribution in [0.1, 0.15) is 35.2 Å². The molecule has 0 radical (unpaired) electrons. The van der Waals surface area contributed by atoms with Gasteiger partial charge in [0.1, 0.15) is 18.0 Å². The number of fused-ring (bicyclic) bond motifs is 1. The van der Waals surface area contributed by atoms with Crippen LogP contribution in [0.25, 0.3) is 0 Å². The Morgan fingerprint density at radius 1 is 1.30 bits per heavy atom. The van der Waals surface area contributed by atoms with Crippen molar-refractivity contribution in [3.63, 3.8) is 0 Å². The summed E-state index contributed by atoms with van der Waals surface area (Å²) in [5.41, 5.74) is 1.87. The van der Waals surface area contributed by atoms with E-state index < -0.39 is 5.97 Å². The third kappa shape index (κ3) is 3.89. The Morgan fingerprint density at radius 2 is 2.22 bits per heavy atom. The highest BCUT2D eigenvalue weighted by atomic mass is 16.7. The van der Waals surface area contributed by atoms with E-state index in [4.69, 9.17) is 14.2 Å². The molecule has 1 aromatic carbocycles. The Hall–Kier alpha value is -2.64. The van der Waals surface area contributed by atoms with Gasteiger partial charge in [-0.2, -0.15) is 0 Å². The van der Waals surface area contributed by atoms with Crippen molar-refractivity contribution >= 4 is 17.5 Å². The Labute approximate surface area is 157 Å². The third-order valence-corrected chi connectivity index (χ3v) is 4.74. The molecule has 2 aliphatic rings. The maximum atomic E-state index is 11.5. The molecule has 2 aliphatic heterocycles. The Morgan fingerprint density at radius 3 is 3.04 bits per heavy atom. The van der Waals surface area contributed by atoms with Gasteiger partial charge in [-0.3, -0.25) is 0 Å². The molecule has 7 nitrogen and oxygen atoms in total. The highest BCUT2D eigenvalue weighted by molar-refractivity contribution is 5.94. The Kier molecular flexibility index (Phi) is 5.22. The molecule has 1 atom stereocenters. The third-order valence-electron chi connectivity index (χ3n) is 4.74. The number of para-hydroxylation sites is 1. The highest BCUT2D eigenvalue weighted by Crippen LogP contribution is 2.38. The van der Waals surface area contributed by atoms with Gasteiger partial charge in [0, 0.05) is 12.8 Å². The smallest absolute Gasteiger partial charge is 0.339 e. The van der Waals surface area contributed by atoms with Gasteiger partial charge in [0.05, 0.1) is 18.8 Å². The zero-order valence-electron chi connectivity index (χ0n) is 15.0. The fourth-order valence-electron chi connectivity index (χ4n) is 3.38. The van der Waals surface area contributed by atoms with Crippen molar-refractivity contribution < 1.29 is 24.1 Å². The molecule has 4 rings (SSSR count). The predicted octanol–water partition coefficient (Wildman–Crippen LogP) is 3.35. The second-order valence-corrected chi connectivity index (χ2v) is 6.59. The number of rotatable bonds is 5. The van der Waals surface area contributed by atoms with E-state index in [0.717, 1.165) is 37.3 Å². The van der Waals surface area contributed by atoms with Crippen LogP contribution in [-0.4, -0.2) is 42.1 Å². The van der Waals surface area contributed by atoms with E-state index in [0.29, 0.717) is 31.2 Å². The second-order valence-electron chi connectivity index (χ2n) is 6.59. The standard InChI is InChI=1S/C20H22N2O5/c23-20(24)15-4-3-5-16-19(15)26-11-9-22(16)17-12-14(7-8-21-17)13-27-18-6-1-2-10-25-18/h3-5,7-8,12,18H,1-2,6,9-11,13H2,(H,23,24). The van der Waals surface area contributed by atoms with Crippen LogP contribution in [0.2, 0.25) is 0 Å². The predicted molar refractivity (Wildman–Crippen MR) is 98.5 cm³/mol. The lowest BCUT2D eigenvalue weighted by Gasteiger charge is -2.31. The van der Waals surface area contributed by atoms with Crippen LogP contribution in [0.3, 0.4) is 0 Å². The lowest BCUT2D eigenvalue weighted by atomic mass is 10.1. The number of aromatic nitrogens is 1. The van der Waals surface area contributed by atoms with Gasteiger partial charge in [-0.15, -0.1) is 0 Å². The molecule has 0 bridgehead atoms. The van der Waals surface area contributed by atoms with Crippen LogP contribution in [0, 0.1) is 0 Å². The van der Waals surface area contributed by atoms with Crippen LogP contribution < -0.4 is 9.64 Å². The molecule has 0 saturated carbocycles. The second kappa shape index (κ2) is 7.94. The van der Waals surface area contributed by atoms with E-state index in [1.165, 1.54) is 0 Å². The van der Waals surface area contributed by atoms with Gasteiger partial charge in [0.25, 0.3) is 0 Å². The number of anilines is 2. The Bertz CT molecular complexity index is 820. The molecule has 1 unspecified atom stereocenters. The molecule has 0 spiro atoms. The van der Waals surface area contributed by atoms with Gasteiger partial charge >= 0.3 is 5.97 Å². The fourth-order valence-corrected chi connectivity index (χ4v) is 3.38. The lowest BCUT2D eigenvalue weighted by Crippen LogP contribution is -2.30. The topological polar surface area (TPSA) is 81.1 Å². The van der Waals surface area contributed by atoms with Crippen LogP contribution in [0.4, 0.5) is 11.5 Å². The maximum Gasteiger partial charge on any atom is 0.339 e. The molecule has 0 amide bonds. The van der Waals surface area contributed by atoms with Crippen molar-refractivity contribution in [3.05, 3.63) is 47.7 Å². The van der Waals surface area contributed by atoms with E-state index in [9.17, 15) is 9.90 Å². The number of nitrogens with zero attached hydrogens (tertiary/aromatic N) is 2. The minimum atomic E-state index is -1.00. The van der Waals surface area contributed by atoms with Crippen molar-refractivity contribution in [2.45, 2.75) is 32.2 Å². The number of benzene rings is 1. The summed E-state index contributed by atoms with van der Waals surface area (Å²) in [5, 5.41) is 9.39. The molecule has 2 aromatic rings. The molecule has 7 heteroatoms. The van der Waals surface area contributed by atoms with E-state index in [1.54, 1.807) is 18.3 Å². The quantitative estimate of drug-likeness (QED) is 0.864. The van der Waals surface area contributed by atoms with Crippen molar-refractivity contribution in [2.75, 3.05) is 24.7 Å². The first-order chi connectivity index (χ1) is 13.2. The Balaban J connectivity index is 1.54. The average molecular weight is 370 g/mol. The summed E-state index contributed by atoms with van der Waals surface area (Å²) in [4.78, 5) is 17.9. The summed E-state index contributed by atoms with van der Waals surface area (Å²) in [5.74, 6) is 0.124. The summed E-state index contributed by atoms with van der Waals surface area (Å²) in [6, 6.07) is 9.00. The van der Waals surface area contributed by atoms with Gasteiger partial charge in [-0.25, -0.2) is 9.78 Å². The number of hydrogen-bond acceptors (Lipinski definition) is 6. The number of carbonyl (C=O) groups is 1. The first kappa shape index (κ1) is 17.8. The molecule has 1 saturated heterocycles.